The third-order valence-electron chi connectivity index (χ3n) is 6.02. The van der Waals surface area contributed by atoms with Crippen LogP contribution in [-0.2, 0) is 4.79 Å². The van der Waals surface area contributed by atoms with Gasteiger partial charge in [-0.05, 0) is 54.7 Å². The molecule has 0 radical (unpaired) electrons. The zero-order valence-corrected chi connectivity index (χ0v) is 21.2. The van der Waals surface area contributed by atoms with Crippen LogP contribution in [0.3, 0.4) is 0 Å². The quantitative estimate of drug-likeness (QED) is 0.301. The zero-order valence-electron chi connectivity index (χ0n) is 21.2. The van der Waals surface area contributed by atoms with Crippen molar-refractivity contribution in [2.75, 3.05) is 13.2 Å². The highest BCUT2D eigenvalue weighted by Crippen LogP contribution is 2.44. The maximum Gasteiger partial charge on any atom is 0.349 e. The Balaban J connectivity index is 1.53. The van der Waals surface area contributed by atoms with E-state index in [4.69, 9.17) is 24.7 Å². The minimum Gasteiger partial charge on any atom is -0.494 e. The number of aryl methyl sites for hydroxylation is 1. The van der Waals surface area contributed by atoms with Crippen LogP contribution >= 0.6 is 0 Å². The van der Waals surface area contributed by atoms with Gasteiger partial charge in [0.25, 0.3) is 0 Å². The molecule has 3 aromatic rings. The van der Waals surface area contributed by atoms with Crippen LogP contribution in [0.15, 0.2) is 78.2 Å². The molecule has 2 N–H and O–H groups in total. The molecule has 0 spiro atoms. The van der Waals surface area contributed by atoms with Crippen LogP contribution in [-0.4, -0.2) is 19.2 Å². The number of hydrogen-bond donors (Lipinski definition) is 1. The number of rotatable bonds is 9. The summed E-state index contributed by atoms with van der Waals surface area (Å²) in [6, 6.07) is 22.3. The van der Waals surface area contributed by atoms with Crippen molar-refractivity contribution < 1.29 is 23.7 Å². The number of para-hydroxylation sites is 1. The first kappa shape index (κ1) is 25.6. The first-order valence-electron chi connectivity index (χ1n) is 12.2. The van der Waals surface area contributed by atoms with E-state index in [9.17, 15) is 10.1 Å². The SMILES string of the molecule is Cc1ccccc1OCC(=O)Oc1ccc2c(c1)OC(N)=C(C#N)C2c1cccc(OCCC(C)C)c1. The molecule has 1 atom stereocenters. The molecule has 0 saturated carbocycles. The largest absolute Gasteiger partial charge is 0.494 e. The second kappa shape index (κ2) is 11.5. The molecule has 7 nitrogen and oxygen atoms in total. The normalized spacial score (nSPS) is 14.4. The van der Waals surface area contributed by atoms with Gasteiger partial charge in [-0.25, -0.2) is 4.79 Å². The average Bonchev–Trinajstić information content (AvgIpc) is 2.87. The third-order valence-corrected chi connectivity index (χ3v) is 6.02. The Bertz CT molecular complexity index is 1360. The van der Waals surface area contributed by atoms with E-state index < -0.39 is 11.9 Å². The Kier molecular flexibility index (Phi) is 7.99. The number of hydrogen-bond acceptors (Lipinski definition) is 7. The van der Waals surface area contributed by atoms with Crippen LogP contribution in [0, 0.1) is 24.2 Å². The Morgan fingerprint density at radius 3 is 2.62 bits per heavy atom. The second-order valence-electron chi connectivity index (χ2n) is 9.26. The maximum atomic E-state index is 12.4. The summed E-state index contributed by atoms with van der Waals surface area (Å²) in [5.41, 5.74) is 8.96. The van der Waals surface area contributed by atoms with Crippen molar-refractivity contribution in [3.63, 3.8) is 0 Å². The van der Waals surface area contributed by atoms with Crippen molar-refractivity contribution >= 4 is 5.97 Å². The molecule has 0 fully saturated rings. The van der Waals surface area contributed by atoms with E-state index in [1.54, 1.807) is 24.3 Å². The Labute approximate surface area is 217 Å². The molecular formula is C30H30N2O5. The van der Waals surface area contributed by atoms with Crippen LogP contribution in [0.5, 0.6) is 23.0 Å². The Morgan fingerprint density at radius 2 is 1.86 bits per heavy atom. The van der Waals surface area contributed by atoms with Gasteiger partial charge in [0, 0.05) is 11.6 Å². The summed E-state index contributed by atoms with van der Waals surface area (Å²) in [5.74, 6) is 1.59. The number of benzene rings is 3. The Morgan fingerprint density at radius 1 is 1.05 bits per heavy atom. The smallest absolute Gasteiger partial charge is 0.349 e. The fraction of sp³-hybridized carbons (Fsp3) is 0.267. The van der Waals surface area contributed by atoms with Gasteiger partial charge in [0.2, 0.25) is 5.88 Å². The first-order chi connectivity index (χ1) is 17.9. The van der Waals surface area contributed by atoms with Gasteiger partial charge in [-0.3, -0.25) is 0 Å². The fourth-order valence-electron chi connectivity index (χ4n) is 4.05. The van der Waals surface area contributed by atoms with E-state index in [1.807, 2.05) is 49.4 Å². The van der Waals surface area contributed by atoms with Gasteiger partial charge in [-0.1, -0.05) is 50.2 Å². The van der Waals surface area contributed by atoms with Gasteiger partial charge in [-0.2, -0.15) is 5.26 Å². The van der Waals surface area contributed by atoms with E-state index in [-0.39, 0.29) is 18.2 Å². The van der Waals surface area contributed by atoms with Crippen LogP contribution in [0.25, 0.3) is 0 Å². The van der Waals surface area contributed by atoms with Crippen molar-refractivity contribution in [2.45, 2.75) is 33.1 Å². The van der Waals surface area contributed by atoms with E-state index in [0.717, 1.165) is 28.9 Å². The van der Waals surface area contributed by atoms with E-state index >= 15 is 0 Å². The highest BCUT2D eigenvalue weighted by atomic mass is 16.6. The number of esters is 1. The molecular weight excluding hydrogens is 468 g/mol. The molecule has 1 aliphatic heterocycles. The molecule has 1 unspecified atom stereocenters. The summed E-state index contributed by atoms with van der Waals surface area (Å²) in [6.45, 7) is 6.56. The molecule has 0 saturated heterocycles. The molecule has 0 bridgehead atoms. The summed E-state index contributed by atoms with van der Waals surface area (Å²) in [5, 5.41) is 9.85. The van der Waals surface area contributed by atoms with Crippen molar-refractivity contribution in [3.05, 3.63) is 94.9 Å². The van der Waals surface area contributed by atoms with Gasteiger partial charge in [0.1, 0.15) is 34.6 Å². The molecule has 0 aliphatic carbocycles. The molecule has 0 amide bonds. The number of nitriles is 1. The zero-order chi connectivity index (χ0) is 26.4. The highest BCUT2D eigenvalue weighted by Gasteiger charge is 2.31. The number of nitrogens with zero attached hydrogens (tertiary/aromatic N) is 1. The molecule has 190 valence electrons. The van der Waals surface area contributed by atoms with Crippen molar-refractivity contribution in [3.8, 4) is 29.1 Å². The molecule has 1 heterocycles. The standard InChI is InChI=1S/C30H30N2O5/c1-19(2)13-14-34-22-9-6-8-21(15-22)29-24-12-11-23(16-27(24)37-30(32)25(29)17-31)36-28(33)18-35-26-10-5-4-7-20(26)3/h4-12,15-16,19,29H,13-14,18,32H2,1-3H3. The van der Waals surface area contributed by atoms with Gasteiger partial charge < -0.3 is 24.7 Å². The third kappa shape index (κ3) is 6.22. The predicted molar refractivity (Wildman–Crippen MR) is 139 cm³/mol. The Hall–Kier alpha value is -4.44. The lowest BCUT2D eigenvalue weighted by molar-refractivity contribution is -0.136. The minimum absolute atomic E-state index is 0.0116. The first-order valence-corrected chi connectivity index (χ1v) is 12.2. The van der Waals surface area contributed by atoms with Crippen LogP contribution in [0.2, 0.25) is 0 Å². The van der Waals surface area contributed by atoms with Gasteiger partial charge >= 0.3 is 5.97 Å². The average molecular weight is 499 g/mol. The summed E-state index contributed by atoms with van der Waals surface area (Å²) < 4.78 is 22.7. The molecule has 0 aromatic heterocycles. The van der Waals surface area contributed by atoms with Crippen LogP contribution in [0.4, 0.5) is 0 Å². The van der Waals surface area contributed by atoms with E-state index in [2.05, 4.69) is 19.9 Å². The van der Waals surface area contributed by atoms with Crippen molar-refractivity contribution in [1.29, 1.82) is 5.26 Å². The molecule has 3 aromatic carbocycles. The molecule has 37 heavy (non-hydrogen) atoms. The summed E-state index contributed by atoms with van der Waals surface area (Å²) in [7, 11) is 0. The monoisotopic (exact) mass is 498 g/mol. The van der Waals surface area contributed by atoms with Crippen molar-refractivity contribution in [1.82, 2.24) is 0 Å². The lowest BCUT2D eigenvalue weighted by Crippen LogP contribution is -2.22. The number of allylic oxidation sites excluding steroid dienone is 1. The van der Waals surface area contributed by atoms with E-state index in [1.165, 1.54) is 0 Å². The van der Waals surface area contributed by atoms with Gasteiger partial charge in [0.05, 0.1) is 12.5 Å². The van der Waals surface area contributed by atoms with Crippen LogP contribution in [0.1, 0.15) is 42.9 Å². The van der Waals surface area contributed by atoms with Crippen molar-refractivity contribution in [2.24, 2.45) is 11.7 Å². The number of nitrogens with two attached hydrogens (primary N) is 1. The molecule has 7 heteroatoms. The summed E-state index contributed by atoms with van der Waals surface area (Å²) in [6.07, 6.45) is 0.943. The number of ether oxygens (including phenoxy) is 4. The lowest BCUT2D eigenvalue weighted by atomic mass is 9.83. The minimum atomic E-state index is -0.553. The topological polar surface area (TPSA) is 104 Å². The second-order valence-corrected chi connectivity index (χ2v) is 9.26. The molecule has 4 rings (SSSR count). The summed E-state index contributed by atoms with van der Waals surface area (Å²) in [4.78, 5) is 12.4. The maximum absolute atomic E-state index is 12.4. The van der Waals surface area contributed by atoms with Gasteiger partial charge in [-0.15, -0.1) is 0 Å². The predicted octanol–water partition coefficient (Wildman–Crippen LogP) is 5.62. The highest BCUT2D eigenvalue weighted by molar-refractivity contribution is 5.74. The lowest BCUT2D eigenvalue weighted by Gasteiger charge is -2.27. The van der Waals surface area contributed by atoms with Crippen LogP contribution < -0.4 is 24.7 Å². The number of fused-ring (bicyclic) bond motifs is 1. The van der Waals surface area contributed by atoms with Gasteiger partial charge in [0.15, 0.2) is 6.61 Å². The van der Waals surface area contributed by atoms with E-state index in [0.29, 0.717) is 29.6 Å². The summed E-state index contributed by atoms with van der Waals surface area (Å²) >= 11 is 0. The fourth-order valence-corrected chi connectivity index (χ4v) is 4.05. The number of carbonyl (C=O) groups excluding carboxylic acids is 1. The molecule has 1 aliphatic rings. The number of carbonyl (C=O) groups is 1.